The molecule has 0 bridgehead atoms. The number of rotatable bonds is 22. The number of hydrogen-bond donors (Lipinski definition) is 0. The molecule has 0 aromatic carbocycles. The first-order chi connectivity index (χ1) is 41.8. The maximum atomic E-state index is 6.48. The third kappa shape index (κ3) is 17.3. The molecule has 0 spiro atoms. The Bertz CT molecular complexity index is 1700. The van der Waals surface area contributed by atoms with Crippen molar-refractivity contribution in [2.24, 2.45) is 81.8 Å². The minimum atomic E-state index is 0.0291. The normalized spacial score (nSPS) is 43.0. The second-order valence-corrected chi connectivity index (χ2v) is 33.4. The summed E-state index contributed by atoms with van der Waals surface area (Å²) in [7, 11) is 0. The van der Waals surface area contributed by atoms with Crippen LogP contribution in [0.3, 0.4) is 0 Å². The Hall–Kier alpha value is -0.400. The van der Waals surface area contributed by atoms with Crippen molar-refractivity contribution < 1.29 is 37.9 Å². The van der Waals surface area contributed by atoms with E-state index in [2.05, 4.69) is 65.2 Å². The van der Waals surface area contributed by atoms with Gasteiger partial charge in [-0.1, -0.05) is 55.4 Å². The van der Waals surface area contributed by atoms with Crippen LogP contribution in [0.5, 0.6) is 0 Å². The molecular formula is C76H134N2O8. The lowest BCUT2D eigenvalue weighted by Gasteiger charge is -2.54. The van der Waals surface area contributed by atoms with E-state index in [4.69, 9.17) is 37.9 Å². The summed E-state index contributed by atoms with van der Waals surface area (Å²) in [5, 5.41) is 0. The minimum Gasteiger partial charge on any atom is -0.353 e. The topological polar surface area (TPSA) is 80.3 Å². The first-order valence-electron chi connectivity index (χ1n) is 38.2. The van der Waals surface area contributed by atoms with Gasteiger partial charge in [-0.05, 0) is 313 Å². The molecule has 7 aliphatic carbocycles. The maximum absolute atomic E-state index is 6.48. The van der Waals surface area contributed by atoms with Gasteiger partial charge < -0.3 is 37.9 Å². The largest absolute Gasteiger partial charge is 0.353 e. The van der Waals surface area contributed by atoms with Crippen molar-refractivity contribution in [1.82, 2.24) is 9.80 Å². The Morgan fingerprint density at radius 3 is 0.709 bits per heavy atom. The molecule has 10 heteroatoms. The predicted octanol–water partition coefficient (Wildman–Crippen LogP) is 18.0. The van der Waals surface area contributed by atoms with Crippen LogP contribution >= 0.6 is 0 Å². The van der Waals surface area contributed by atoms with Crippen LogP contribution in [0.25, 0.3) is 0 Å². The SMILES string of the molecule is CC1CC(N(C2CCC(C(C)(C)C3CCC(C(C)(C)C4CCC(N(C5CCC(COC6CCCCO6)C(C)C5)C5CCC(COC6CCCCO6)C(C)C5)CC4)CC3)CC2)C2CCC(COC3CCCCO3)C(C)C2)CCC1COC1CCCCO1. The average molecular weight is 1200 g/mol. The van der Waals surface area contributed by atoms with Crippen LogP contribution in [-0.2, 0) is 37.9 Å². The van der Waals surface area contributed by atoms with Crippen LogP contribution in [0.1, 0.15) is 287 Å². The van der Waals surface area contributed by atoms with Gasteiger partial charge in [0.05, 0.1) is 26.4 Å². The lowest BCUT2D eigenvalue weighted by Crippen LogP contribution is -2.55. The first kappa shape index (κ1) is 67.0. The van der Waals surface area contributed by atoms with E-state index in [9.17, 15) is 0 Å². The van der Waals surface area contributed by atoms with Gasteiger partial charge in [0.1, 0.15) is 0 Å². The highest BCUT2D eigenvalue weighted by Gasteiger charge is 2.49. The molecule has 0 N–H and O–H groups in total. The Kier molecular flexibility index (Phi) is 25.1. The summed E-state index contributed by atoms with van der Waals surface area (Å²) in [6.07, 6.45) is 47.2. The van der Waals surface area contributed by atoms with E-state index in [1.54, 1.807) is 0 Å². The van der Waals surface area contributed by atoms with E-state index in [0.717, 1.165) is 114 Å². The maximum Gasteiger partial charge on any atom is 0.157 e. The zero-order valence-corrected chi connectivity index (χ0v) is 57.0. The van der Waals surface area contributed by atoms with Gasteiger partial charge in [0.2, 0.25) is 0 Å². The number of ether oxygens (including phenoxy) is 8. The molecule has 0 aromatic heterocycles. The van der Waals surface area contributed by atoms with Crippen molar-refractivity contribution >= 4 is 0 Å². The fraction of sp³-hybridized carbons (Fsp3) is 1.00. The van der Waals surface area contributed by atoms with Gasteiger partial charge in [-0.2, -0.15) is 0 Å². The van der Waals surface area contributed by atoms with Crippen molar-refractivity contribution in [3.63, 3.8) is 0 Å². The molecule has 11 fully saturated rings. The van der Waals surface area contributed by atoms with Crippen LogP contribution in [0.4, 0.5) is 0 Å². The van der Waals surface area contributed by atoms with E-state index < -0.39 is 0 Å². The standard InChI is InChI=1S/C76H134N2O8/c1-53-45-67(33-21-57(53)49-83-71-17-9-13-41-79-71)77(68-34-22-58(54(2)46-68)50-84-72-18-10-14-42-80-72)65-37-29-63(30-38-65)75(5,6)61-25-27-62(28-26-61)76(7,8)64-31-39-66(40-32-64)78(69-35-23-59(55(3)47-69)51-85-73-19-11-15-43-81-73)70-36-24-60(56(4)48-70)52-86-74-20-12-16-44-82-74/h53-74H,9-52H2,1-8H3. The molecule has 4 heterocycles. The molecule has 0 amide bonds. The fourth-order valence-corrected chi connectivity index (χ4v) is 21.4. The summed E-state index contributed by atoms with van der Waals surface area (Å²) in [6, 6.07) is 4.29. The number of hydrogen-bond acceptors (Lipinski definition) is 10. The molecule has 16 unspecified atom stereocenters. The fourth-order valence-electron chi connectivity index (χ4n) is 21.4. The molecule has 0 aromatic rings. The van der Waals surface area contributed by atoms with Gasteiger partial charge in [0, 0.05) is 62.7 Å². The molecule has 11 rings (SSSR count). The van der Waals surface area contributed by atoms with E-state index in [0.29, 0.717) is 82.3 Å². The van der Waals surface area contributed by atoms with Crippen LogP contribution < -0.4 is 0 Å². The van der Waals surface area contributed by atoms with E-state index in [-0.39, 0.29) is 25.2 Å². The van der Waals surface area contributed by atoms with E-state index in [1.165, 1.54) is 205 Å². The summed E-state index contributed by atoms with van der Waals surface area (Å²) in [5.41, 5.74) is 0.827. The Labute approximate surface area is 527 Å². The summed E-state index contributed by atoms with van der Waals surface area (Å²) >= 11 is 0. The van der Waals surface area contributed by atoms with Crippen molar-refractivity contribution in [3.8, 4) is 0 Å². The van der Waals surface area contributed by atoms with Gasteiger partial charge >= 0.3 is 0 Å². The van der Waals surface area contributed by atoms with Crippen molar-refractivity contribution in [1.29, 1.82) is 0 Å². The smallest absolute Gasteiger partial charge is 0.157 e. The summed E-state index contributed by atoms with van der Waals surface area (Å²) in [6.45, 7) is 28.2. The molecule has 7 saturated carbocycles. The molecule has 0 radical (unpaired) electrons. The highest BCUT2D eigenvalue weighted by atomic mass is 16.7. The second kappa shape index (κ2) is 32.2. The van der Waals surface area contributed by atoms with Crippen molar-refractivity contribution in [2.75, 3.05) is 52.9 Å². The predicted molar refractivity (Wildman–Crippen MR) is 348 cm³/mol. The summed E-state index contributed by atoms with van der Waals surface area (Å²) < 4.78 is 50.0. The Balaban J connectivity index is 0.673. The van der Waals surface area contributed by atoms with Crippen LogP contribution in [-0.4, -0.2) is 124 Å². The van der Waals surface area contributed by atoms with Crippen molar-refractivity contribution in [2.45, 2.75) is 348 Å². The van der Waals surface area contributed by atoms with Gasteiger partial charge in [-0.25, -0.2) is 0 Å². The third-order valence-electron chi connectivity index (χ3n) is 27.7. The average Bonchev–Trinajstić information content (AvgIpc) is 1.63. The zero-order chi connectivity index (χ0) is 59.6. The lowest BCUT2D eigenvalue weighted by atomic mass is 9.55. The van der Waals surface area contributed by atoms with Crippen LogP contribution in [0.2, 0.25) is 0 Å². The Morgan fingerprint density at radius 1 is 0.279 bits per heavy atom. The Morgan fingerprint density at radius 2 is 0.500 bits per heavy atom. The van der Waals surface area contributed by atoms with Gasteiger partial charge in [0.15, 0.2) is 25.2 Å². The van der Waals surface area contributed by atoms with Gasteiger partial charge in [0.25, 0.3) is 0 Å². The summed E-state index contributed by atoms with van der Waals surface area (Å²) in [4.78, 5) is 6.45. The van der Waals surface area contributed by atoms with Crippen molar-refractivity contribution in [3.05, 3.63) is 0 Å². The molecular weight excluding hydrogens is 1070 g/mol. The molecule has 16 atom stereocenters. The van der Waals surface area contributed by atoms with Gasteiger partial charge in [-0.15, -0.1) is 0 Å². The first-order valence-corrected chi connectivity index (χ1v) is 38.2. The highest BCUT2D eigenvalue weighted by Crippen LogP contribution is 2.56. The van der Waals surface area contributed by atoms with E-state index >= 15 is 0 Å². The quantitative estimate of drug-likeness (QED) is 0.105. The molecule has 10 nitrogen and oxygen atoms in total. The molecule has 11 aliphatic rings. The minimum absolute atomic E-state index is 0.0291. The zero-order valence-electron chi connectivity index (χ0n) is 57.0. The van der Waals surface area contributed by atoms with Crippen LogP contribution in [0, 0.1) is 81.8 Å². The molecule has 496 valence electrons. The third-order valence-corrected chi connectivity index (χ3v) is 27.7. The lowest BCUT2D eigenvalue weighted by molar-refractivity contribution is -0.175. The molecule has 4 aliphatic heterocycles. The number of nitrogens with zero attached hydrogens (tertiary/aromatic N) is 2. The molecule has 4 saturated heterocycles. The summed E-state index contributed by atoms with van der Waals surface area (Å²) in [5.74, 6) is 8.84. The van der Waals surface area contributed by atoms with E-state index in [1.807, 2.05) is 0 Å². The molecule has 86 heavy (non-hydrogen) atoms. The van der Waals surface area contributed by atoms with Gasteiger partial charge in [-0.3, -0.25) is 9.80 Å². The highest BCUT2D eigenvalue weighted by molar-refractivity contribution is 5.01. The monoisotopic (exact) mass is 1200 g/mol. The van der Waals surface area contributed by atoms with Crippen LogP contribution in [0.15, 0.2) is 0 Å². The second-order valence-electron chi connectivity index (χ2n) is 33.4.